The minimum absolute atomic E-state index is 0.0382. The zero-order valence-electron chi connectivity index (χ0n) is 16.6. The van der Waals surface area contributed by atoms with E-state index in [9.17, 15) is 5.11 Å². The summed E-state index contributed by atoms with van der Waals surface area (Å²) in [6.45, 7) is 7.89. The third-order valence-electron chi connectivity index (χ3n) is 5.81. The molecule has 1 saturated heterocycles. The predicted molar refractivity (Wildman–Crippen MR) is 123 cm³/mol. The molecule has 2 aliphatic rings. The number of allylic oxidation sites excluding steroid dienone is 1. The van der Waals surface area contributed by atoms with Crippen LogP contribution in [0.5, 0.6) is 0 Å². The lowest BCUT2D eigenvalue weighted by Gasteiger charge is -2.38. The van der Waals surface area contributed by atoms with Gasteiger partial charge in [0.15, 0.2) is 0 Å². The zero-order valence-corrected chi connectivity index (χ0v) is 17.4. The van der Waals surface area contributed by atoms with E-state index in [-0.39, 0.29) is 12.6 Å². The minimum atomic E-state index is 0.0382. The van der Waals surface area contributed by atoms with Crippen LogP contribution in [0.25, 0.3) is 6.08 Å². The number of nitrogens with zero attached hydrogens (tertiary/aromatic N) is 2. The third kappa shape index (κ3) is 4.84. The molecule has 2 aromatic rings. The number of benzene rings is 2. The van der Waals surface area contributed by atoms with E-state index in [1.807, 2.05) is 12.1 Å². The fraction of sp³-hybridized carbons (Fsp3) is 0.333. The van der Waals surface area contributed by atoms with E-state index in [0.29, 0.717) is 0 Å². The van der Waals surface area contributed by atoms with Crippen molar-refractivity contribution in [3.05, 3.63) is 77.0 Å². The molecule has 0 spiro atoms. The van der Waals surface area contributed by atoms with E-state index in [2.05, 4.69) is 64.2 Å². The average molecular weight is 410 g/mol. The van der Waals surface area contributed by atoms with Crippen LogP contribution in [-0.2, 0) is 6.42 Å². The fourth-order valence-electron chi connectivity index (χ4n) is 4.07. The fourth-order valence-corrected chi connectivity index (χ4v) is 4.19. The lowest BCUT2D eigenvalue weighted by Crippen LogP contribution is -2.50. The minimum Gasteiger partial charge on any atom is -0.394 e. The summed E-state index contributed by atoms with van der Waals surface area (Å²) < 4.78 is 0. The van der Waals surface area contributed by atoms with Gasteiger partial charge in [-0.15, -0.1) is 0 Å². The maximum atomic E-state index is 9.95. The number of aliphatic hydroxyl groups is 1. The van der Waals surface area contributed by atoms with Gasteiger partial charge in [-0.05, 0) is 60.4 Å². The summed E-state index contributed by atoms with van der Waals surface area (Å²) in [5.74, 6) is 0. The maximum absolute atomic E-state index is 9.95. The van der Waals surface area contributed by atoms with Crippen molar-refractivity contribution in [3.8, 4) is 0 Å². The van der Waals surface area contributed by atoms with Crippen molar-refractivity contribution in [2.24, 2.45) is 0 Å². The van der Waals surface area contributed by atoms with E-state index in [1.165, 1.54) is 16.8 Å². The molecule has 0 radical (unpaired) electrons. The number of fused-ring (bicyclic) bond motifs is 1. The Labute approximate surface area is 178 Å². The predicted octanol–water partition coefficient (Wildman–Crippen LogP) is 4.41. The molecule has 4 rings (SSSR count). The zero-order chi connectivity index (χ0) is 20.2. The van der Waals surface area contributed by atoms with Crippen LogP contribution in [-0.4, -0.2) is 48.8 Å². The van der Waals surface area contributed by atoms with Gasteiger partial charge in [0.25, 0.3) is 0 Å². The van der Waals surface area contributed by atoms with Crippen LogP contribution in [0.1, 0.15) is 17.5 Å². The Hall–Kier alpha value is -2.27. The summed E-state index contributed by atoms with van der Waals surface area (Å²) in [5.41, 5.74) is 5.96. The molecule has 0 saturated carbocycles. The quantitative estimate of drug-likeness (QED) is 0.767. The van der Waals surface area contributed by atoms with Crippen molar-refractivity contribution in [3.63, 3.8) is 0 Å². The first kappa shape index (κ1) is 20.0. The Bertz CT molecular complexity index is 885. The molecule has 0 amide bonds. The third-order valence-corrected chi connectivity index (χ3v) is 6.06. The number of aryl methyl sites for hydroxylation is 1. The van der Waals surface area contributed by atoms with E-state index in [4.69, 9.17) is 11.6 Å². The van der Waals surface area contributed by atoms with Crippen LogP contribution in [0.15, 0.2) is 60.8 Å². The molecule has 0 bridgehead atoms. The van der Waals surface area contributed by atoms with E-state index in [1.54, 1.807) is 0 Å². The smallest absolute Gasteiger partial charge is 0.0622 e. The molecule has 0 aromatic heterocycles. The van der Waals surface area contributed by atoms with E-state index in [0.717, 1.165) is 55.4 Å². The summed E-state index contributed by atoms with van der Waals surface area (Å²) >= 11 is 6.00. The molecular weight excluding hydrogens is 382 g/mol. The van der Waals surface area contributed by atoms with Crippen LogP contribution >= 0.6 is 11.6 Å². The molecular formula is C24H28ClN3O. The number of halogens is 1. The first-order valence-electron chi connectivity index (χ1n) is 10.2. The van der Waals surface area contributed by atoms with Gasteiger partial charge in [0.2, 0.25) is 0 Å². The standard InChI is InChI=1S/C24H28ClN3O/c1-18-2-5-20-16-19(4-11-24(20)26-18)3-8-23(17-29)28-14-12-27(13-15-28)22-9-6-21(25)7-10-22/h3-4,6-11,16,23,26,29H,1-2,5,12-15,17H2/b8-3+. The van der Waals surface area contributed by atoms with Gasteiger partial charge in [0, 0.05) is 48.3 Å². The molecule has 0 aliphatic carbocycles. The molecule has 1 atom stereocenters. The van der Waals surface area contributed by atoms with Gasteiger partial charge in [-0.2, -0.15) is 0 Å². The Morgan fingerprint density at radius 1 is 1.07 bits per heavy atom. The molecule has 2 heterocycles. The molecule has 4 nitrogen and oxygen atoms in total. The monoisotopic (exact) mass is 409 g/mol. The SMILES string of the molecule is C=C1CCc2cc(/C=C/C(CO)N3CCN(c4ccc(Cl)cc4)CC3)ccc2N1. The van der Waals surface area contributed by atoms with Crippen molar-refractivity contribution in [1.29, 1.82) is 0 Å². The van der Waals surface area contributed by atoms with Gasteiger partial charge in [0.05, 0.1) is 12.6 Å². The molecule has 2 N–H and O–H groups in total. The molecule has 29 heavy (non-hydrogen) atoms. The van der Waals surface area contributed by atoms with Gasteiger partial charge >= 0.3 is 0 Å². The van der Waals surface area contributed by atoms with Crippen molar-refractivity contribution in [1.82, 2.24) is 4.90 Å². The molecule has 1 fully saturated rings. The second kappa shape index (κ2) is 9.04. The first-order valence-corrected chi connectivity index (χ1v) is 10.6. The maximum Gasteiger partial charge on any atom is 0.0622 e. The van der Waals surface area contributed by atoms with Gasteiger partial charge < -0.3 is 15.3 Å². The first-order chi connectivity index (χ1) is 14.1. The summed E-state index contributed by atoms with van der Waals surface area (Å²) in [6, 6.07) is 14.5. The van der Waals surface area contributed by atoms with Gasteiger partial charge in [-0.3, -0.25) is 4.90 Å². The van der Waals surface area contributed by atoms with Gasteiger partial charge in [0.1, 0.15) is 0 Å². The summed E-state index contributed by atoms with van der Waals surface area (Å²) in [7, 11) is 0. The van der Waals surface area contributed by atoms with Crippen LogP contribution in [0.2, 0.25) is 5.02 Å². The van der Waals surface area contributed by atoms with Gasteiger partial charge in [-0.1, -0.05) is 36.4 Å². The van der Waals surface area contributed by atoms with Crippen LogP contribution in [0.3, 0.4) is 0 Å². The number of piperazine rings is 1. The number of anilines is 2. The van der Waals surface area contributed by atoms with E-state index >= 15 is 0 Å². The number of nitrogens with one attached hydrogen (secondary N) is 1. The average Bonchev–Trinajstić information content (AvgIpc) is 2.75. The summed E-state index contributed by atoms with van der Waals surface area (Å²) in [6.07, 6.45) is 6.28. The Kier molecular flexibility index (Phi) is 6.24. The molecule has 2 aromatic carbocycles. The van der Waals surface area contributed by atoms with E-state index < -0.39 is 0 Å². The highest BCUT2D eigenvalue weighted by atomic mass is 35.5. The lowest BCUT2D eigenvalue weighted by atomic mass is 9.99. The van der Waals surface area contributed by atoms with Crippen molar-refractivity contribution < 1.29 is 5.11 Å². The second-order valence-electron chi connectivity index (χ2n) is 7.75. The van der Waals surface area contributed by atoms with Crippen LogP contribution in [0, 0.1) is 0 Å². The summed E-state index contributed by atoms with van der Waals surface area (Å²) in [5, 5.41) is 14.1. The number of rotatable bonds is 5. The molecule has 5 heteroatoms. The van der Waals surface area contributed by atoms with Crippen LogP contribution in [0.4, 0.5) is 11.4 Å². The Morgan fingerprint density at radius 3 is 2.55 bits per heavy atom. The molecule has 152 valence electrons. The highest BCUT2D eigenvalue weighted by molar-refractivity contribution is 6.30. The summed E-state index contributed by atoms with van der Waals surface area (Å²) in [4.78, 5) is 4.72. The second-order valence-corrected chi connectivity index (χ2v) is 8.19. The highest BCUT2D eigenvalue weighted by Crippen LogP contribution is 2.27. The number of hydrogen-bond donors (Lipinski definition) is 2. The Balaban J connectivity index is 1.37. The van der Waals surface area contributed by atoms with Gasteiger partial charge in [-0.25, -0.2) is 0 Å². The van der Waals surface area contributed by atoms with Crippen molar-refractivity contribution >= 4 is 29.1 Å². The molecule has 2 aliphatic heterocycles. The number of aliphatic hydroxyl groups excluding tert-OH is 1. The van der Waals surface area contributed by atoms with Crippen LogP contribution < -0.4 is 10.2 Å². The topological polar surface area (TPSA) is 38.7 Å². The van der Waals surface area contributed by atoms with Crippen molar-refractivity contribution in [2.45, 2.75) is 18.9 Å². The normalized spacial score (nSPS) is 18.6. The molecule has 1 unspecified atom stereocenters. The number of hydrogen-bond acceptors (Lipinski definition) is 4. The Morgan fingerprint density at radius 2 is 1.83 bits per heavy atom. The lowest BCUT2D eigenvalue weighted by molar-refractivity contribution is 0.146. The van der Waals surface area contributed by atoms with Crippen molar-refractivity contribution in [2.75, 3.05) is 43.0 Å². The largest absolute Gasteiger partial charge is 0.394 e. The highest BCUT2D eigenvalue weighted by Gasteiger charge is 2.22.